The summed E-state index contributed by atoms with van der Waals surface area (Å²) >= 11 is 1.44. The Bertz CT molecular complexity index is 613. The van der Waals surface area contributed by atoms with Crippen LogP contribution < -0.4 is 4.74 Å². The van der Waals surface area contributed by atoms with E-state index in [-0.39, 0.29) is 17.1 Å². The predicted molar refractivity (Wildman–Crippen MR) is 71.7 cm³/mol. The van der Waals surface area contributed by atoms with Gasteiger partial charge in [0.15, 0.2) is 0 Å². The zero-order valence-corrected chi connectivity index (χ0v) is 10.9. The van der Waals surface area contributed by atoms with Crippen molar-refractivity contribution in [2.45, 2.75) is 4.90 Å². The van der Waals surface area contributed by atoms with E-state index in [1.165, 1.54) is 36.0 Å². The Morgan fingerprint density at radius 1 is 1.26 bits per heavy atom. The van der Waals surface area contributed by atoms with Crippen molar-refractivity contribution < 1.29 is 19.0 Å². The van der Waals surface area contributed by atoms with E-state index in [9.17, 15) is 9.18 Å². The molecule has 0 aromatic heterocycles. The average Bonchev–Trinajstić information content (AvgIpc) is 2.39. The molecule has 0 bridgehead atoms. The van der Waals surface area contributed by atoms with Crippen LogP contribution in [0.15, 0.2) is 47.4 Å². The Morgan fingerprint density at radius 2 is 2.05 bits per heavy atom. The van der Waals surface area contributed by atoms with E-state index in [1.54, 1.807) is 18.2 Å². The fraction of sp³-hybridized carbons (Fsp3) is 0.0714. The molecule has 1 N–H and O–H groups in total. The molecule has 0 fully saturated rings. The molecule has 3 nitrogen and oxygen atoms in total. The summed E-state index contributed by atoms with van der Waals surface area (Å²) in [5.74, 6) is -1.06. The lowest BCUT2D eigenvalue weighted by Crippen LogP contribution is -2.00. The van der Waals surface area contributed by atoms with Gasteiger partial charge < -0.3 is 9.84 Å². The van der Waals surface area contributed by atoms with Crippen LogP contribution in [0.4, 0.5) is 4.39 Å². The summed E-state index contributed by atoms with van der Waals surface area (Å²) < 4.78 is 18.5. The molecule has 0 saturated carbocycles. The van der Waals surface area contributed by atoms with Gasteiger partial charge >= 0.3 is 5.97 Å². The van der Waals surface area contributed by atoms with Crippen molar-refractivity contribution in [3.05, 3.63) is 53.8 Å². The van der Waals surface area contributed by atoms with Crippen LogP contribution in [0.3, 0.4) is 0 Å². The highest BCUT2D eigenvalue weighted by Crippen LogP contribution is 2.29. The number of ether oxygens (including phenoxy) is 1. The molecule has 0 aliphatic carbocycles. The molecule has 2 aromatic carbocycles. The highest BCUT2D eigenvalue weighted by atomic mass is 32.2. The molecule has 2 aromatic rings. The lowest BCUT2D eigenvalue weighted by atomic mass is 10.2. The second-order valence-electron chi connectivity index (χ2n) is 3.73. The Labute approximate surface area is 114 Å². The number of thioether (sulfide) groups is 1. The zero-order valence-electron chi connectivity index (χ0n) is 10.1. The first-order valence-electron chi connectivity index (χ1n) is 5.45. The van der Waals surface area contributed by atoms with Crippen LogP contribution in [-0.2, 0) is 0 Å². The van der Waals surface area contributed by atoms with Gasteiger partial charge in [-0.3, -0.25) is 0 Å². The van der Waals surface area contributed by atoms with Gasteiger partial charge in [-0.05, 0) is 36.6 Å². The fourth-order valence-electron chi connectivity index (χ4n) is 1.55. The molecule has 0 radical (unpaired) electrons. The van der Waals surface area contributed by atoms with Crippen LogP contribution >= 0.6 is 11.8 Å². The number of hydrogen-bond donors (Lipinski definition) is 1. The molecule has 19 heavy (non-hydrogen) atoms. The van der Waals surface area contributed by atoms with Gasteiger partial charge in [0.25, 0.3) is 0 Å². The molecule has 0 spiro atoms. The summed E-state index contributed by atoms with van der Waals surface area (Å²) in [6.45, 7) is 0. The van der Waals surface area contributed by atoms with Crippen LogP contribution in [0.2, 0.25) is 0 Å². The van der Waals surface area contributed by atoms with Crippen molar-refractivity contribution in [1.29, 1.82) is 0 Å². The maximum Gasteiger partial charge on any atom is 0.339 e. The third-order valence-electron chi connectivity index (χ3n) is 2.44. The maximum atomic E-state index is 13.0. The summed E-state index contributed by atoms with van der Waals surface area (Å²) in [5, 5.41) is 9.15. The normalized spacial score (nSPS) is 10.2. The third-order valence-corrected chi connectivity index (χ3v) is 3.17. The predicted octanol–water partition coefficient (Wildman–Crippen LogP) is 4.04. The number of carbonyl (C=O) groups is 1. The van der Waals surface area contributed by atoms with Gasteiger partial charge in [0.1, 0.15) is 22.9 Å². The van der Waals surface area contributed by atoms with Gasteiger partial charge in [-0.15, -0.1) is 11.8 Å². The minimum absolute atomic E-state index is 0.0520. The molecule has 0 aliphatic heterocycles. The largest absolute Gasteiger partial charge is 0.478 e. The maximum absolute atomic E-state index is 13.0. The van der Waals surface area contributed by atoms with E-state index in [1.807, 2.05) is 6.26 Å². The van der Waals surface area contributed by atoms with Crippen LogP contribution in [-0.4, -0.2) is 17.3 Å². The molecule has 5 heteroatoms. The molecule has 0 unspecified atom stereocenters. The molecule has 0 aliphatic rings. The first-order chi connectivity index (χ1) is 9.10. The minimum Gasteiger partial charge on any atom is -0.478 e. The Balaban J connectivity index is 2.36. The lowest BCUT2D eigenvalue weighted by Gasteiger charge is -2.09. The molecule has 98 valence electrons. The summed E-state index contributed by atoms with van der Waals surface area (Å²) in [6.07, 6.45) is 1.86. The van der Waals surface area contributed by atoms with E-state index < -0.39 is 11.8 Å². The monoisotopic (exact) mass is 278 g/mol. The number of halogens is 1. The fourth-order valence-corrected chi connectivity index (χ4v) is 1.99. The van der Waals surface area contributed by atoms with Crippen LogP contribution in [0.1, 0.15) is 10.4 Å². The highest BCUT2D eigenvalue weighted by Gasteiger charge is 2.13. The van der Waals surface area contributed by atoms with E-state index in [0.717, 1.165) is 4.90 Å². The van der Waals surface area contributed by atoms with Gasteiger partial charge in [-0.1, -0.05) is 6.07 Å². The second-order valence-corrected chi connectivity index (χ2v) is 4.61. The van der Waals surface area contributed by atoms with Crippen LogP contribution in [0.5, 0.6) is 11.5 Å². The number of carboxylic acids is 1. The van der Waals surface area contributed by atoms with E-state index in [4.69, 9.17) is 9.84 Å². The summed E-state index contributed by atoms with van der Waals surface area (Å²) in [7, 11) is 0. The molecule has 0 atom stereocenters. The SMILES string of the molecule is CSc1ccc(Oc2cccc(F)c2)c(C(=O)O)c1. The molecule has 0 amide bonds. The standard InChI is InChI=1S/C14H11FO3S/c1-19-11-5-6-13(12(8-11)14(16)17)18-10-4-2-3-9(15)7-10/h2-8H,1H3,(H,16,17). The van der Waals surface area contributed by atoms with Gasteiger partial charge in [0, 0.05) is 11.0 Å². The first-order valence-corrected chi connectivity index (χ1v) is 6.67. The van der Waals surface area contributed by atoms with Gasteiger partial charge in [-0.2, -0.15) is 0 Å². The topological polar surface area (TPSA) is 46.5 Å². The highest BCUT2D eigenvalue weighted by molar-refractivity contribution is 7.98. The number of rotatable bonds is 4. The average molecular weight is 278 g/mol. The smallest absolute Gasteiger partial charge is 0.339 e. The van der Waals surface area contributed by atoms with Crippen molar-refractivity contribution in [3.8, 4) is 11.5 Å². The number of carboxylic acid groups (broad SMARTS) is 1. The van der Waals surface area contributed by atoms with E-state index in [2.05, 4.69) is 0 Å². The third kappa shape index (κ3) is 3.26. The van der Waals surface area contributed by atoms with E-state index in [0.29, 0.717) is 0 Å². The van der Waals surface area contributed by atoms with Crippen molar-refractivity contribution in [2.24, 2.45) is 0 Å². The van der Waals surface area contributed by atoms with Gasteiger partial charge in [0.05, 0.1) is 0 Å². The molecular formula is C14H11FO3S. The molecule has 2 rings (SSSR count). The number of aromatic carboxylic acids is 1. The Hall–Kier alpha value is -2.01. The Kier molecular flexibility index (Phi) is 4.06. The first kappa shape index (κ1) is 13.4. The second kappa shape index (κ2) is 5.75. The van der Waals surface area contributed by atoms with Crippen molar-refractivity contribution in [2.75, 3.05) is 6.26 Å². The lowest BCUT2D eigenvalue weighted by molar-refractivity contribution is 0.0694. The Morgan fingerprint density at radius 3 is 2.68 bits per heavy atom. The minimum atomic E-state index is -1.08. The van der Waals surface area contributed by atoms with Crippen molar-refractivity contribution in [1.82, 2.24) is 0 Å². The molecule has 0 heterocycles. The quantitative estimate of drug-likeness (QED) is 0.857. The summed E-state index contributed by atoms with van der Waals surface area (Å²) in [4.78, 5) is 12.0. The molecule has 0 saturated heterocycles. The van der Waals surface area contributed by atoms with Crippen LogP contribution in [0.25, 0.3) is 0 Å². The summed E-state index contributed by atoms with van der Waals surface area (Å²) in [5.41, 5.74) is 0.0520. The molecular weight excluding hydrogens is 267 g/mol. The van der Waals surface area contributed by atoms with E-state index >= 15 is 0 Å². The van der Waals surface area contributed by atoms with Crippen molar-refractivity contribution >= 4 is 17.7 Å². The van der Waals surface area contributed by atoms with Crippen molar-refractivity contribution in [3.63, 3.8) is 0 Å². The number of benzene rings is 2. The number of hydrogen-bond acceptors (Lipinski definition) is 3. The van der Waals surface area contributed by atoms with Crippen LogP contribution in [0, 0.1) is 5.82 Å². The summed E-state index contributed by atoms with van der Waals surface area (Å²) in [6, 6.07) is 10.4. The van der Waals surface area contributed by atoms with Gasteiger partial charge in [0.2, 0.25) is 0 Å². The zero-order chi connectivity index (χ0) is 13.8. The van der Waals surface area contributed by atoms with Gasteiger partial charge in [-0.25, -0.2) is 9.18 Å².